The van der Waals surface area contributed by atoms with Gasteiger partial charge in [-0.2, -0.15) is 0 Å². The van der Waals surface area contributed by atoms with Crippen LogP contribution in [0.2, 0.25) is 0 Å². The van der Waals surface area contributed by atoms with Crippen LogP contribution in [0.3, 0.4) is 0 Å². The summed E-state index contributed by atoms with van der Waals surface area (Å²) in [6, 6.07) is 7.07. The molecule has 1 aliphatic heterocycles. The fourth-order valence-corrected chi connectivity index (χ4v) is 3.00. The zero-order valence-electron chi connectivity index (χ0n) is 12.3. The van der Waals surface area contributed by atoms with Crippen LogP contribution in [0, 0.1) is 5.82 Å². The van der Waals surface area contributed by atoms with E-state index in [-0.39, 0.29) is 11.9 Å². The fourth-order valence-electron chi connectivity index (χ4n) is 3.00. The molecular weight excluding hydrogens is 269 g/mol. The number of nitrogens with two attached hydrogens (primary N) is 1. The molecule has 0 radical (unpaired) electrons. The molecule has 1 atom stereocenters. The van der Waals surface area contributed by atoms with Gasteiger partial charge in [-0.05, 0) is 43.4 Å². The second kappa shape index (κ2) is 6.02. The summed E-state index contributed by atoms with van der Waals surface area (Å²) in [7, 11) is 0. The molecule has 0 aromatic heterocycles. The van der Waals surface area contributed by atoms with Crippen molar-refractivity contribution in [3.05, 3.63) is 35.6 Å². The second-order valence-corrected chi connectivity index (χ2v) is 5.99. The molecule has 2 aliphatic rings. The number of halogens is 1. The molecule has 1 unspecified atom stereocenters. The highest BCUT2D eigenvalue weighted by molar-refractivity contribution is 5.78. The van der Waals surface area contributed by atoms with Gasteiger partial charge in [-0.15, -0.1) is 0 Å². The number of hydrogen-bond donors (Lipinski definition) is 1. The monoisotopic (exact) mass is 291 g/mol. The maximum atomic E-state index is 12.9. The van der Waals surface area contributed by atoms with Crippen molar-refractivity contribution >= 4 is 5.96 Å². The van der Waals surface area contributed by atoms with Crippen LogP contribution in [0.25, 0.3) is 0 Å². The number of nitrogens with zero attached hydrogens (tertiary/aromatic N) is 2. The molecule has 0 spiro atoms. The van der Waals surface area contributed by atoms with Crippen molar-refractivity contribution in [2.45, 2.75) is 37.8 Å². The third-order valence-corrected chi connectivity index (χ3v) is 4.33. The third kappa shape index (κ3) is 3.35. The summed E-state index contributed by atoms with van der Waals surface area (Å²) in [6.45, 7) is 4.38. The Morgan fingerprint density at radius 2 is 2.05 bits per heavy atom. The van der Waals surface area contributed by atoms with Gasteiger partial charge in [-0.3, -0.25) is 0 Å². The molecule has 4 nitrogen and oxygen atoms in total. The van der Waals surface area contributed by atoms with Gasteiger partial charge < -0.3 is 15.4 Å². The summed E-state index contributed by atoms with van der Waals surface area (Å²) in [6.07, 6.45) is 2.19. The molecule has 1 saturated carbocycles. The van der Waals surface area contributed by atoms with E-state index in [0.717, 1.165) is 25.9 Å². The van der Waals surface area contributed by atoms with E-state index in [1.165, 1.54) is 17.7 Å². The third-order valence-electron chi connectivity index (χ3n) is 4.33. The predicted molar refractivity (Wildman–Crippen MR) is 80.8 cm³/mol. The van der Waals surface area contributed by atoms with E-state index < -0.39 is 0 Å². The standard InChI is InChI=1S/C16H22FN3O/c1-11-10-20(6-7-21-11)16(18)19-15-8-13(9-15)12-2-4-14(17)5-3-12/h2-5,11,13,15H,6-10H2,1H3,(H2,18,19). The molecule has 1 heterocycles. The van der Waals surface area contributed by atoms with Crippen molar-refractivity contribution in [1.82, 2.24) is 4.90 Å². The molecule has 2 fully saturated rings. The maximum Gasteiger partial charge on any atom is 0.191 e. The zero-order chi connectivity index (χ0) is 14.8. The molecular formula is C16H22FN3O. The molecule has 0 bridgehead atoms. The summed E-state index contributed by atoms with van der Waals surface area (Å²) < 4.78 is 18.4. The van der Waals surface area contributed by atoms with Gasteiger partial charge in [0.15, 0.2) is 5.96 Å². The summed E-state index contributed by atoms with van der Waals surface area (Å²) in [5, 5.41) is 0. The van der Waals surface area contributed by atoms with Gasteiger partial charge in [0.2, 0.25) is 0 Å². The summed E-state index contributed by atoms with van der Waals surface area (Å²) in [5.41, 5.74) is 7.29. The van der Waals surface area contributed by atoms with Crippen molar-refractivity contribution < 1.29 is 9.13 Å². The molecule has 1 aromatic carbocycles. The van der Waals surface area contributed by atoms with E-state index >= 15 is 0 Å². The van der Waals surface area contributed by atoms with Gasteiger partial charge >= 0.3 is 0 Å². The van der Waals surface area contributed by atoms with Crippen LogP contribution in [-0.2, 0) is 4.74 Å². The van der Waals surface area contributed by atoms with Crippen molar-refractivity contribution in [3.8, 4) is 0 Å². The number of morpholine rings is 1. The molecule has 1 aromatic rings. The molecule has 3 rings (SSSR count). The predicted octanol–water partition coefficient (Wildman–Crippen LogP) is 2.11. The Morgan fingerprint density at radius 3 is 2.71 bits per heavy atom. The topological polar surface area (TPSA) is 50.8 Å². The molecule has 5 heteroatoms. The average Bonchev–Trinajstić information content (AvgIpc) is 2.43. The Balaban J connectivity index is 1.53. The highest BCUT2D eigenvalue weighted by atomic mass is 19.1. The number of guanidine groups is 1. The van der Waals surface area contributed by atoms with Crippen LogP contribution >= 0.6 is 0 Å². The zero-order valence-corrected chi connectivity index (χ0v) is 12.3. The normalized spacial score (nSPS) is 30.1. The van der Waals surface area contributed by atoms with Crippen LogP contribution < -0.4 is 5.73 Å². The van der Waals surface area contributed by atoms with Gasteiger partial charge in [0, 0.05) is 13.1 Å². The first kappa shape index (κ1) is 14.3. The largest absolute Gasteiger partial charge is 0.375 e. The average molecular weight is 291 g/mol. The fraction of sp³-hybridized carbons (Fsp3) is 0.562. The SMILES string of the molecule is CC1CN(C(N)=NC2CC(c3ccc(F)cc3)C2)CCO1. The number of ether oxygens (including phenoxy) is 1. The molecule has 0 amide bonds. The van der Waals surface area contributed by atoms with E-state index in [2.05, 4.69) is 9.89 Å². The number of benzene rings is 1. The minimum absolute atomic E-state index is 0.182. The summed E-state index contributed by atoms with van der Waals surface area (Å²) in [4.78, 5) is 6.72. The first-order chi connectivity index (χ1) is 10.1. The smallest absolute Gasteiger partial charge is 0.191 e. The maximum absolute atomic E-state index is 12.9. The van der Waals surface area contributed by atoms with Crippen LogP contribution in [0.4, 0.5) is 4.39 Å². The van der Waals surface area contributed by atoms with Crippen LogP contribution in [0.5, 0.6) is 0 Å². The van der Waals surface area contributed by atoms with Crippen molar-refractivity contribution in [1.29, 1.82) is 0 Å². The molecule has 2 N–H and O–H groups in total. The highest BCUT2D eigenvalue weighted by Crippen LogP contribution is 2.38. The molecule has 21 heavy (non-hydrogen) atoms. The van der Waals surface area contributed by atoms with Crippen molar-refractivity contribution in [2.24, 2.45) is 10.7 Å². The van der Waals surface area contributed by atoms with E-state index in [1.54, 1.807) is 0 Å². The van der Waals surface area contributed by atoms with E-state index in [4.69, 9.17) is 10.5 Å². The molecule has 1 saturated heterocycles. The van der Waals surface area contributed by atoms with Crippen molar-refractivity contribution in [2.75, 3.05) is 19.7 Å². The number of hydrogen-bond acceptors (Lipinski definition) is 2. The van der Waals surface area contributed by atoms with Crippen molar-refractivity contribution in [3.63, 3.8) is 0 Å². The Hall–Kier alpha value is -1.62. The lowest BCUT2D eigenvalue weighted by molar-refractivity contribution is 0.00512. The molecule has 1 aliphatic carbocycles. The van der Waals surface area contributed by atoms with Crippen LogP contribution in [0.15, 0.2) is 29.3 Å². The Labute approximate surface area is 124 Å². The second-order valence-electron chi connectivity index (χ2n) is 5.99. The molecule has 114 valence electrons. The quantitative estimate of drug-likeness (QED) is 0.670. The minimum atomic E-state index is -0.182. The lowest BCUT2D eigenvalue weighted by Gasteiger charge is -2.36. The first-order valence-corrected chi connectivity index (χ1v) is 7.57. The lowest BCUT2D eigenvalue weighted by atomic mass is 9.76. The van der Waals surface area contributed by atoms with Crippen LogP contribution in [0.1, 0.15) is 31.2 Å². The first-order valence-electron chi connectivity index (χ1n) is 7.57. The Kier molecular flexibility index (Phi) is 4.10. The van der Waals surface area contributed by atoms with Gasteiger partial charge in [0.25, 0.3) is 0 Å². The van der Waals surface area contributed by atoms with E-state index in [1.807, 2.05) is 19.1 Å². The lowest BCUT2D eigenvalue weighted by Crippen LogP contribution is -2.48. The van der Waals surface area contributed by atoms with E-state index in [9.17, 15) is 4.39 Å². The van der Waals surface area contributed by atoms with Gasteiger partial charge in [0.05, 0.1) is 18.8 Å². The Bertz CT molecular complexity index is 511. The highest BCUT2D eigenvalue weighted by Gasteiger charge is 2.31. The Morgan fingerprint density at radius 1 is 1.33 bits per heavy atom. The van der Waals surface area contributed by atoms with Gasteiger partial charge in [0.1, 0.15) is 5.82 Å². The summed E-state index contributed by atoms with van der Waals surface area (Å²) in [5.74, 6) is 0.932. The van der Waals surface area contributed by atoms with Crippen LogP contribution in [-0.4, -0.2) is 42.7 Å². The minimum Gasteiger partial charge on any atom is -0.375 e. The van der Waals surface area contributed by atoms with Gasteiger partial charge in [-0.25, -0.2) is 9.38 Å². The summed E-state index contributed by atoms with van der Waals surface area (Å²) >= 11 is 0. The van der Waals surface area contributed by atoms with Gasteiger partial charge in [-0.1, -0.05) is 12.1 Å². The van der Waals surface area contributed by atoms with E-state index in [0.29, 0.717) is 24.5 Å². The number of aliphatic imine (C=N–C) groups is 1. The number of rotatable bonds is 2.